The minimum absolute atomic E-state index is 0.0225. The average molecular weight is 409 g/mol. The summed E-state index contributed by atoms with van der Waals surface area (Å²) in [5, 5.41) is 0. The quantitative estimate of drug-likeness (QED) is 0.389. The number of benzene rings is 2. The van der Waals surface area contributed by atoms with Gasteiger partial charge in [0.15, 0.2) is 11.1 Å². The lowest BCUT2D eigenvalue weighted by Gasteiger charge is -2.28. The minimum Gasteiger partial charge on any atom is -0.456 e. The molecule has 5 nitrogen and oxygen atoms in total. The number of rotatable bonds is 5. The summed E-state index contributed by atoms with van der Waals surface area (Å²) in [5.74, 6) is -0.164. The zero-order chi connectivity index (χ0) is 20.4. The Morgan fingerprint density at radius 1 is 1.07 bits per heavy atom. The zero-order valence-corrected chi connectivity index (χ0v) is 15.9. The Labute approximate surface area is 169 Å². The molecule has 1 aliphatic rings. The van der Waals surface area contributed by atoms with Crippen LogP contribution in [0.25, 0.3) is 11.3 Å². The maximum Gasteiger partial charge on any atom is 0.212 e. The van der Waals surface area contributed by atoms with Gasteiger partial charge in [-0.1, -0.05) is 42.5 Å². The topological polar surface area (TPSA) is 76.5 Å². The summed E-state index contributed by atoms with van der Waals surface area (Å²) in [4.78, 5) is 15.8. The Hall–Kier alpha value is -3.16. The zero-order valence-electron chi connectivity index (χ0n) is 15.1. The second-order valence-corrected chi connectivity index (χ2v) is 7.46. The van der Waals surface area contributed by atoms with E-state index in [2.05, 4.69) is 4.98 Å². The molecule has 2 unspecified atom stereocenters. The monoisotopic (exact) mass is 409 g/mol. The molecule has 0 fully saturated rings. The molecule has 2 atom stereocenters. The van der Waals surface area contributed by atoms with Gasteiger partial charge in [0.05, 0.1) is 11.7 Å². The van der Waals surface area contributed by atoms with Crippen LogP contribution in [0.15, 0.2) is 66.9 Å². The van der Waals surface area contributed by atoms with E-state index in [1.807, 2.05) is 18.2 Å². The average Bonchev–Trinajstić information content (AvgIpc) is 2.73. The first-order valence-electron chi connectivity index (χ1n) is 8.81. The highest BCUT2D eigenvalue weighted by Crippen LogP contribution is 2.45. The van der Waals surface area contributed by atoms with Gasteiger partial charge in [-0.05, 0) is 23.8 Å². The first kappa shape index (κ1) is 19.2. The van der Waals surface area contributed by atoms with Crippen molar-refractivity contribution in [2.24, 2.45) is 0 Å². The lowest BCUT2D eigenvalue weighted by atomic mass is 9.84. The summed E-state index contributed by atoms with van der Waals surface area (Å²) in [6.07, 6.45) is 2.21. The largest absolute Gasteiger partial charge is 0.456 e. The van der Waals surface area contributed by atoms with Crippen LogP contribution >= 0.6 is 0 Å². The van der Waals surface area contributed by atoms with Gasteiger partial charge in [-0.3, -0.25) is 0 Å². The van der Waals surface area contributed by atoms with E-state index in [1.165, 1.54) is 12.3 Å². The van der Waals surface area contributed by atoms with Gasteiger partial charge >= 0.3 is 0 Å². The van der Waals surface area contributed by atoms with E-state index in [-0.39, 0.29) is 5.75 Å². The van der Waals surface area contributed by atoms with E-state index < -0.39 is 22.9 Å². The molecule has 3 aromatic rings. The third kappa shape index (κ3) is 3.87. The molecule has 4 rings (SSSR count). The van der Waals surface area contributed by atoms with Crippen molar-refractivity contribution >= 4 is 28.7 Å². The van der Waals surface area contributed by atoms with Crippen molar-refractivity contribution in [3.63, 3.8) is 0 Å². The predicted octanol–water partition coefficient (Wildman–Crippen LogP) is 4.19. The van der Waals surface area contributed by atoms with Crippen molar-refractivity contribution in [1.29, 1.82) is 0 Å². The van der Waals surface area contributed by atoms with Crippen molar-refractivity contribution < 1.29 is 22.7 Å². The normalized spacial score (nSPS) is 16.7. The second kappa shape index (κ2) is 8.06. The van der Waals surface area contributed by atoms with E-state index in [4.69, 9.17) is 9.29 Å². The molecule has 0 saturated carbocycles. The molecule has 0 bridgehead atoms. The van der Waals surface area contributed by atoms with Crippen molar-refractivity contribution in [2.75, 3.05) is 0 Å². The second-order valence-electron chi connectivity index (χ2n) is 6.53. The van der Waals surface area contributed by atoms with Crippen LogP contribution in [0.1, 0.15) is 28.2 Å². The SMILES string of the molecule is O=CC1C(c2ccc(F)nc2)=C(c2ccc(CS(=O)O)cc2)Oc2ccccc21. The lowest BCUT2D eigenvalue weighted by molar-refractivity contribution is -0.108. The summed E-state index contributed by atoms with van der Waals surface area (Å²) < 4.78 is 39.6. The van der Waals surface area contributed by atoms with E-state index >= 15 is 0 Å². The summed E-state index contributed by atoms with van der Waals surface area (Å²) in [5.41, 5.74) is 3.28. The fourth-order valence-electron chi connectivity index (χ4n) is 3.39. The van der Waals surface area contributed by atoms with Crippen LogP contribution in [0.3, 0.4) is 0 Å². The Bertz CT molecular complexity index is 1110. The van der Waals surface area contributed by atoms with Gasteiger partial charge in [0.2, 0.25) is 5.95 Å². The number of para-hydroxylation sites is 1. The molecule has 1 aliphatic heterocycles. The first-order valence-corrected chi connectivity index (χ1v) is 10.1. The van der Waals surface area contributed by atoms with E-state index in [0.29, 0.717) is 33.8 Å². The minimum atomic E-state index is -1.94. The molecular formula is C22H16FNO4S. The molecule has 7 heteroatoms. The number of aldehydes is 1. The van der Waals surface area contributed by atoms with E-state index in [1.54, 1.807) is 36.4 Å². The summed E-state index contributed by atoms with van der Waals surface area (Å²) in [6.45, 7) is 0. The van der Waals surface area contributed by atoms with Gasteiger partial charge in [-0.2, -0.15) is 4.39 Å². The van der Waals surface area contributed by atoms with Crippen LogP contribution in [-0.4, -0.2) is 20.0 Å². The number of halogens is 1. The number of hydrogen-bond donors (Lipinski definition) is 1. The van der Waals surface area contributed by atoms with Crippen LogP contribution in [0, 0.1) is 5.95 Å². The summed E-state index contributed by atoms with van der Waals surface area (Å²) in [6, 6.07) is 17.1. The third-order valence-corrected chi connectivity index (χ3v) is 5.28. The number of nitrogens with zero attached hydrogens (tertiary/aromatic N) is 1. The molecule has 2 heterocycles. The Kier molecular flexibility index (Phi) is 5.33. The van der Waals surface area contributed by atoms with Crippen LogP contribution in [0.4, 0.5) is 4.39 Å². The molecule has 0 saturated heterocycles. The maximum absolute atomic E-state index is 13.4. The molecule has 2 aromatic carbocycles. The van der Waals surface area contributed by atoms with Crippen molar-refractivity contribution in [3.8, 4) is 5.75 Å². The summed E-state index contributed by atoms with van der Waals surface area (Å²) in [7, 11) is 0. The van der Waals surface area contributed by atoms with Gasteiger partial charge < -0.3 is 14.1 Å². The van der Waals surface area contributed by atoms with E-state index in [9.17, 15) is 13.4 Å². The third-order valence-electron chi connectivity index (χ3n) is 4.70. The number of hydrogen-bond acceptors (Lipinski definition) is 4. The van der Waals surface area contributed by atoms with Crippen LogP contribution < -0.4 is 4.74 Å². The molecule has 1 N–H and O–H groups in total. The van der Waals surface area contributed by atoms with Gasteiger partial charge in [-0.15, -0.1) is 0 Å². The molecule has 146 valence electrons. The number of fused-ring (bicyclic) bond motifs is 1. The van der Waals surface area contributed by atoms with Crippen molar-refractivity contribution in [3.05, 3.63) is 95.1 Å². The molecular weight excluding hydrogens is 393 g/mol. The lowest BCUT2D eigenvalue weighted by Crippen LogP contribution is -2.16. The summed E-state index contributed by atoms with van der Waals surface area (Å²) >= 11 is -1.94. The Morgan fingerprint density at radius 2 is 1.79 bits per heavy atom. The number of carbonyl (C=O) groups excluding carboxylic acids is 1. The first-order chi connectivity index (χ1) is 14.1. The van der Waals surface area contributed by atoms with Gasteiger partial charge in [-0.25, -0.2) is 9.19 Å². The number of aromatic nitrogens is 1. The van der Waals surface area contributed by atoms with Crippen molar-refractivity contribution in [2.45, 2.75) is 11.7 Å². The molecule has 0 radical (unpaired) electrons. The fourth-order valence-corrected chi connectivity index (χ4v) is 3.87. The Balaban J connectivity index is 1.88. The molecule has 29 heavy (non-hydrogen) atoms. The molecule has 1 aromatic heterocycles. The van der Waals surface area contributed by atoms with Crippen LogP contribution in [-0.2, 0) is 21.6 Å². The molecule has 0 aliphatic carbocycles. The predicted molar refractivity (Wildman–Crippen MR) is 108 cm³/mol. The molecule has 0 amide bonds. The number of ether oxygens (including phenoxy) is 1. The molecule has 0 spiro atoms. The van der Waals surface area contributed by atoms with Crippen LogP contribution in [0.2, 0.25) is 0 Å². The number of pyridine rings is 1. The van der Waals surface area contributed by atoms with Gasteiger partial charge in [0.1, 0.15) is 17.8 Å². The van der Waals surface area contributed by atoms with Crippen molar-refractivity contribution in [1.82, 2.24) is 4.98 Å². The van der Waals surface area contributed by atoms with Crippen LogP contribution in [0.5, 0.6) is 5.75 Å². The smallest absolute Gasteiger partial charge is 0.212 e. The standard InChI is InChI=1S/C22H16FNO4S/c23-20-10-9-16(11-24-20)21-18(12-25)17-3-1-2-4-19(17)28-22(21)15-7-5-14(6-8-15)13-29(26)27/h1-12,18H,13H2,(H,26,27). The number of allylic oxidation sites excluding steroid dienone is 1. The highest BCUT2D eigenvalue weighted by Gasteiger charge is 2.31. The van der Waals surface area contributed by atoms with Gasteiger partial charge in [0.25, 0.3) is 0 Å². The maximum atomic E-state index is 13.4. The highest BCUT2D eigenvalue weighted by molar-refractivity contribution is 7.78. The highest BCUT2D eigenvalue weighted by atomic mass is 32.2. The van der Waals surface area contributed by atoms with E-state index in [0.717, 1.165) is 11.8 Å². The fraction of sp³-hybridized carbons (Fsp3) is 0.0909. The number of carbonyl (C=O) groups is 1. The Morgan fingerprint density at radius 3 is 2.45 bits per heavy atom. The van der Waals surface area contributed by atoms with Gasteiger partial charge in [0, 0.05) is 28.5 Å².